The first-order valence-electron chi connectivity index (χ1n) is 12.9. The molecule has 2 atom stereocenters. The number of hydrogen-bond acceptors (Lipinski definition) is 6. The van der Waals surface area contributed by atoms with E-state index in [0.717, 1.165) is 46.5 Å². The van der Waals surface area contributed by atoms with Gasteiger partial charge in [0.2, 0.25) is 0 Å². The maximum Gasteiger partial charge on any atom is 0.254 e. The predicted molar refractivity (Wildman–Crippen MR) is 152 cm³/mol. The highest BCUT2D eigenvalue weighted by atomic mass is 32.2. The zero-order valence-electron chi connectivity index (χ0n) is 22.2. The van der Waals surface area contributed by atoms with Crippen LogP contribution in [-0.4, -0.2) is 30.4 Å². The fraction of sp³-hybridized carbons (Fsp3) is 0.500. The zero-order chi connectivity index (χ0) is 26.2. The highest BCUT2D eigenvalue weighted by molar-refractivity contribution is 7.99. The number of nitrogens with one attached hydrogen (secondary N) is 2. The van der Waals surface area contributed by atoms with E-state index in [-0.39, 0.29) is 11.1 Å². The fourth-order valence-corrected chi connectivity index (χ4v) is 5.69. The molecule has 0 saturated carbocycles. The van der Waals surface area contributed by atoms with Crippen LogP contribution in [0.5, 0.6) is 0 Å². The quantitative estimate of drug-likeness (QED) is 0.224. The average Bonchev–Trinajstić information content (AvgIpc) is 2.84. The Labute approximate surface area is 222 Å². The molecule has 0 aliphatic rings. The number of aromatic nitrogens is 4. The molecule has 8 heteroatoms. The minimum atomic E-state index is -0.0453. The average molecular weight is 527 g/mol. The van der Waals surface area contributed by atoms with E-state index in [1.165, 1.54) is 0 Å². The fourth-order valence-electron chi connectivity index (χ4n) is 3.96. The molecular formula is C28H38N4O2S2. The van der Waals surface area contributed by atoms with Crippen LogP contribution in [0.2, 0.25) is 0 Å². The van der Waals surface area contributed by atoms with Gasteiger partial charge in [-0.3, -0.25) is 9.59 Å². The molecule has 0 aliphatic carbocycles. The summed E-state index contributed by atoms with van der Waals surface area (Å²) >= 11 is 3.22. The number of thioether (sulfide) groups is 2. The number of H-pyrrole nitrogens is 2. The predicted octanol–water partition coefficient (Wildman–Crippen LogP) is 5.94. The summed E-state index contributed by atoms with van der Waals surface area (Å²) in [6.45, 7) is 12.5. The minimum Gasteiger partial charge on any atom is -0.301 e. The summed E-state index contributed by atoms with van der Waals surface area (Å²) in [5.74, 6) is 0. The minimum absolute atomic E-state index is 0.0453. The van der Waals surface area contributed by atoms with Gasteiger partial charge in [-0.05, 0) is 36.8 Å². The number of hydrogen-bond donors (Lipinski definition) is 2. The Morgan fingerprint density at radius 1 is 0.750 bits per heavy atom. The zero-order valence-corrected chi connectivity index (χ0v) is 23.9. The first-order valence-corrected chi connectivity index (χ1v) is 14.7. The molecule has 2 N–H and O–H groups in total. The molecule has 0 fully saturated rings. The molecule has 1 aromatic carbocycles. The first kappa shape index (κ1) is 28.3. The second-order valence-electron chi connectivity index (χ2n) is 9.15. The van der Waals surface area contributed by atoms with Crippen LogP contribution in [0, 0.1) is 0 Å². The number of rotatable bonds is 12. The largest absolute Gasteiger partial charge is 0.301 e. The topological polar surface area (TPSA) is 91.5 Å². The van der Waals surface area contributed by atoms with Crippen LogP contribution < -0.4 is 11.1 Å². The number of benzene rings is 1. The summed E-state index contributed by atoms with van der Waals surface area (Å²) in [6.07, 6.45) is 4.47. The van der Waals surface area contributed by atoms with Crippen LogP contribution in [0.25, 0.3) is 0 Å². The third-order valence-corrected chi connectivity index (χ3v) is 8.68. The molecule has 2 unspecified atom stereocenters. The summed E-state index contributed by atoms with van der Waals surface area (Å²) in [6, 6.07) is 8.33. The van der Waals surface area contributed by atoms with E-state index in [0.29, 0.717) is 46.5 Å². The molecule has 0 amide bonds. The lowest BCUT2D eigenvalue weighted by atomic mass is 9.99. The van der Waals surface area contributed by atoms with E-state index in [1.807, 2.05) is 19.9 Å². The van der Waals surface area contributed by atoms with Gasteiger partial charge in [0.1, 0.15) is 0 Å². The normalized spacial score (nSPS) is 13.1. The Hall–Kier alpha value is -2.32. The van der Waals surface area contributed by atoms with Gasteiger partial charge >= 0.3 is 0 Å². The molecular weight excluding hydrogens is 488 g/mol. The van der Waals surface area contributed by atoms with Crippen LogP contribution >= 0.6 is 23.5 Å². The third-order valence-electron chi connectivity index (χ3n) is 6.38. The smallest absolute Gasteiger partial charge is 0.254 e. The van der Waals surface area contributed by atoms with Crippen LogP contribution in [0.1, 0.15) is 88.0 Å². The lowest BCUT2D eigenvalue weighted by Crippen LogP contribution is -2.19. The lowest BCUT2D eigenvalue weighted by molar-refractivity contribution is 0.818. The van der Waals surface area contributed by atoms with Crippen molar-refractivity contribution in [2.75, 3.05) is 0 Å². The monoisotopic (exact) mass is 526 g/mol. The Morgan fingerprint density at radius 2 is 1.17 bits per heavy atom. The van der Waals surface area contributed by atoms with Crippen LogP contribution in [0.4, 0.5) is 0 Å². The maximum atomic E-state index is 12.7. The van der Waals surface area contributed by atoms with Crippen molar-refractivity contribution in [3.63, 3.8) is 0 Å². The Balaban J connectivity index is 1.91. The van der Waals surface area contributed by atoms with Crippen LogP contribution in [-0.2, 0) is 25.7 Å². The Kier molecular flexibility index (Phi) is 10.4. The van der Waals surface area contributed by atoms with Crippen molar-refractivity contribution in [3.05, 3.63) is 78.6 Å². The molecule has 0 aliphatic heterocycles. The van der Waals surface area contributed by atoms with Crippen molar-refractivity contribution >= 4 is 23.5 Å². The van der Waals surface area contributed by atoms with E-state index in [1.54, 1.807) is 23.5 Å². The van der Waals surface area contributed by atoms with Gasteiger partial charge < -0.3 is 9.97 Å². The summed E-state index contributed by atoms with van der Waals surface area (Å²) in [4.78, 5) is 41.1. The molecule has 36 heavy (non-hydrogen) atoms. The van der Waals surface area contributed by atoms with Gasteiger partial charge in [0.25, 0.3) is 11.1 Å². The molecule has 194 valence electrons. The Morgan fingerprint density at radius 3 is 1.53 bits per heavy atom. The van der Waals surface area contributed by atoms with E-state index < -0.39 is 0 Å². The van der Waals surface area contributed by atoms with Crippen molar-refractivity contribution in [3.8, 4) is 0 Å². The summed E-state index contributed by atoms with van der Waals surface area (Å²) < 4.78 is 0. The molecule has 6 nitrogen and oxygen atoms in total. The molecule has 0 saturated heterocycles. The van der Waals surface area contributed by atoms with E-state index in [4.69, 9.17) is 9.97 Å². The van der Waals surface area contributed by atoms with E-state index >= 15 is 0 Å². The van der Waals surface area contributed by atoms with Gasteiger partial charge in [0.15, 0.2) is 10.3 Å². The van der Waals surface area contributed by atoms with Crippen molar-refractivity contribution in [1.82, 2.24) is 19.9 Å². The van der Waals surface area contributed by atoms with Gasteiger partial charge in [0, 0.05) is 34.5 Å². The summed E-state index contributed by atoms with van der Waals surface area (Å²) in [7, 11) is 0. The van der Waals surface area contributed by atoms with Gasteiger partial charge in [-0.25, -0.2) is 9.97 Å². The van der Waals surface area contributed by atoms with Gasteiger partial charge in [-0.1, -0.05) is 89.3 Å². The molecule has 2 heterocycles. The second-order valence-corrected chi connectivity index (χ2v) is 12.0. The van der Waals surface area contributed by atoms with Crippen molar-refractivity contribution in [2.45, 2.75) is 101 Å². The molecule has 0 spiro atoms. The molecule has 0 bridgehead atoms. The third kappa shape index (κ3) is 7.35. The first-order chi connectivity index (χ1) is 17.3. The van der Waals surface area contributed by atoms with Crippen molar-refractivity contribution in [2.24, 2.45) is 0 Å². The SMILES string of the molecule is CCc1c(Cc2cccc(Cc3nc(SC(C)CC)[nH]c(=O)c3CC)c2)nc(SC(C)CC)[nH]c1=O. The lowest BCUT2D eigenvalue weighted by Gasteiger charge is -2.13. The van der Waals surface area contributed by atoms with E-state index in [2.05, 4.69) is 55.9 Å². The maximum absolute atomic E-state index is 12.7. The molecule has 3 rings (SSSR count). The van der Waals surface area contributed by atoms with Gasteiger partial charge in [0.05, 0.1) is 11.4 Å². The summed E-state index contributed by atoms with van der Waals surface area (Å²) in [5.41, 5.74) is 5.25. The van der Waals surface area contributed by atoms with Gasteiger partial charge in [-0.15, -0.1) is 0 Å². The van der Waals surface area contributed by atoms with Crippen molar-refractivity contribution < 1.29 is 0 Å². The second kappa shape index (κ2) is 13.3. The molecule has 3 aromatic rings. The standard InChI is InChI=1S/C28H38N4O2S2/c1-7-17(5)35-27-29-23(21(9-3)25(33)31-27)15-19-12-11-13-20(14-19)16-24-22(10-4)26(34)32-28(30-24)36-18(6)8-2/h11-14,17-18H,7-10,15-16H2,1-6H3,(H,29,31,33)(H,30,32,34). The molecule has 0 radical (unpaired) electrons. The van der Waals surface area contributed by atoms with Crippen molar-refractivity contribution in [1.29, 1.82) is 0 Å². The highest BCUT2D eigenvalue weighted by Gasteiger charge is 2.15. The van der Waals surface area contributed by atoms with Crippen LogP contribution in [0.15, 0.2) is 44.2 Å². The van der Waals surface area contributed by atoms with Crippen LogP contribution in [0.3, 0.4) is 0 Å². The van der Waals surface area contributed by atoms with E-state index in [9.17, 15) is 9.59 Å². The number of nitrogens with zero attached hydrogens (tertiary/aromatic N) is 2. The van der Waals surface area contributed by atoms with Gasteiger partial charge in [-0.2, -0.15) is 0 Å². The highest BCUT2D eigenvalue weighted by Crippen LogP contribution is 2.24. The molecule has 2 aromatic heterocycles. The summed E-state index contributed by atoms with van der Waals surface area (Å²) in [5, 5.41) is 2.14. The number of aromatic amines is 2. The Bertz CT molecular complexity index is 1190.